The van der Waals surface area contributed by atoms with Crippen molar-refractivity contribution in [3.8, 4) is 5.75 Å². The van der Waals surface area contributed by atoms with Gasteiger partial charge in [-0.15, -0.1) is 0 Å². The van der Waals surface area contributed by atoms with Crippen LogP contribution >= 0.6 is 15.9 Å². The van der Waals surface area contributed by atoms with E-state index in [1.54, 1.807) is 43.5 Å². The predicted molar refractivity (Wildman–Crippen MR) is 75.1 cm³/mol. The van der Waals surface area contributed by atoms with Gasteiger partial charge in [-0.3, -0.25) is 4.79 Å². The first-order chi connectivity index (χ1) is 8.69. The topological polar surface area (TPSA) is 38.3 Å². The number of carbonyl (C=O) groups is 1. The molecule has 0 saturated carbocycles. The maximum Gasteiger partial charge on any atom is 0.255 e. The average Bonchev–Trinajstić information content (AvgIpc) is 2.39. The zero-order valence-electron chi connectivity index (χ0n) is 9.81. The quantitative estimate of drug-likeness (QED) is 0.939. The second kappa shape index (κ2) is 5.69. The molecule has 0 bridgehead atoms. The fraction of sp³-hybridized carbons (Fsp3) is 0.0714. The Bertz CT molecular complexity index is 552. The van der Waals surface area contributed by atoms with E-state index in [-0.39, 0.29) is 5.91 Å². The van der Waals surface area contributed by atoms with Crippen LogP contribution in [0.25, 0.3) is 0 Å². The second-order valence-corrected chi connectivity index (χ2v) is 4.61. The summed E-state index contributed by atoms with van der Waals surface area (Å²) in [6.07, 6.45) is 0. The summed E-state index contributed by atoms with van der Waals surface area (Å²) in [5.74, 6) is 0.622. The molecule has 0 radical (unpaired) electrons. The monoisotopic (exact) mass is 305 g/mol. The number of methoxy groups -OCH3 is 1. The van der Waals surface area contributed by atoms with E-state index in [0.717, 1.165) is 15.9 Å². The molecule has 0 aliphatic rings. The number of hydrogen-bond acceptors (Lipinski definition) is 2. The number of anilines is 1. The molecule has 0 heterocycles. The molecule has 0 aliphatic heterocycles. The second-order valence-electron chi connectivity index (χ2n) is 3.69. The van der Waals surface area contributed by atoms with Crippen LogP contribution in [0, 0.1) is 0 Å². The van der Waals surface area contributed by atoms with Crippen molar-refractivity contribution in [1.82, 2.24) is 0 Å². The Morgan fingerprint density at radius 2 is 1.89 bits per heavy atom. The Balaban J connectivity index is 2.11. The average molecular weight is 306 g/mol. The van der Waals surface area contributed by atoms with Gasteiger partial charge in [-0.25, -0.2) is 0 Å². The van der Waals surface area contributed by atoms with Gasteiger partial charge in [0.05, 0.1) is 7.11 Å². The zero-order chi connectivity index (χ0) is 13.0. The van der Waals surface area contributed by atoms with Gasteiger partial charge < -0.3 is 10.1 Å². The Morgan fingerprint density at radius 3 is 2.50 bits per heavy atom. The highest BCUT2D eigenvalue weighted by molar-refractivity contribution is 9.10. The zero-order valence-corrected chi connectivity index (χ0v) is 11.4. The van der Waals surface area contributed by atoms with Crippen LogP contribution in [0.5, 0.6) is 5.75 Å². The highest BCUT2D eigenvalue weighted by atomic mass is 79.9. The smallest absolute Gasteiger partial charge is 0.255 e. The van der Waals surface area contributed by atoms with Crippen molar-refractivity contribution in [3.05, 3.63) is 58.6 Å². The van der Waals surface area contributed by atoms with Crippen LogP contribution in [0.4, 0.5) is 5.69 Å². The highest BCUT2D eigenvalue weighted by Crippen LogP contribution is 2.17. The normalized spacial score (nSPS) is 9.89. The van der Waals surface area contributed by atoms with Gasteiger partial charge in [0, 0.05) is 15.7 Å². The Labute approximate surface area is 114 Å². The summed E-state index contributed by atoms with van der Waals surface area (Å²) < 4.78 is 5.94. The van der Waals surface area contributed by atoms with E-state index in [9.17, 15) is 4.79 Å². The Morgan fingerprint density at radius 1 is 1.17 bits per heavy atom. The Kier molecular flexibility index (Phi) is 3.99. The van der Waals surface area contributed by atoms with Crippen LogP contribution < -0.4 is 10.1 Å². The minimum Gasteiger partial charge on any atom is -0.497 e. The maximum atomic E-state index is 12.0. The van der Waals surface area contributed by atoms with Crippen LogP contribution in [0.3, 0.4) is 0 Å². The molecule has 18 heavy (non-hydrogen) atoms. The molecule has 3 nitrogen and oxygen atoms in total. The largest absolute Gasteiger partial charge is 0.497 e. The van der Waals surface area contributed by atoms with Crippen LogP contribution in [0.2, 0.25) is 0 Å². The summed E-state index contributed by atoms with van der Waals surface area (Å²) in [4.78, 5) is 12.0. The van der Waals surface area contributed by atoms with E-state index in [2.05, 4.69) is 21.2 Å². The van der Waals surface area contributed by atoms with Crippen molar-refractivity contribution in [2.24, 2.45) is 0 Å². The maximum absolute atomic E-state index is 12.0. The molecule has 0 aromatic heterocycles. The van der Waals surface area contributed by atoms with Gasteiger partial charge in [-0.2, -0.15) is 0 Å². The van der Waals surface area contributed by atoms with Crippen molar-refractivity contribution in [3.63, 3.8) is 0 Å². The minimum atomic E-state index is -0.138. The molecule has 0 unspecified atom stereocenters. The molecule has 2 rings (SSSR count). The third kappa shape index (κ3) is 3.11. The summed E-state index contributed by atoms with van der Waals surface area (Å²) >= 11 is 3.34. The van der Waals surface area contributed by atoms with E-state index in [1.807, 2.05) is 12.1 Å². The van der Waals surface area contributed by atoms with Gasteiger partial charge in [-0.1, -0.05) is 22.0 Å². The number of rotatable bonds is 3. The SMILES string of the molecule is COc1ccc(NC(=O)c2cccc(Br)c2)cc1. The number of ether oxygens (including phenoxy) is 1. The molecule has 0 saturated heterocycles. The molecule has 2 aromatic carbocycles. The molecule has 92 valence electrons. The van der Waals surface area contributed by atoms with E-state index < -0.39 is 0 Å². The lowest BCUT2D eigenvalue weighted by molar-refractivity contribution is 0.102. The molecule has 0 atom stereocenters. The number of halogens is 1. The van der Waals surface area contributed by atoms with E-state index in [1.165, 1.54) is 0 Å². The number of hydrogen-bond donors (Lipinski definition) is 1. The summed E-state index contributed by atoms with van der Waals surface area (Å²) in [5.41, 5.74) is 1.35. The summed E-state index contributed by atoms with van der Waals surface area (Å²) in [6.45, 7) is 0. The van der Waals surface area contributed by atoms with E-state index in [0.29, 0.717) is 5.56 Å². The van der Waals surface area contributed by atoms with Gasteiger partial charge in [0.15, 0.2) is 0 Å². The number of amides is 1. The van der Waals surface area contributed by atoms with Gasteiger partial charge >= 0.3 is 0 Å². The first-order valence-corrected chi connectivity index (χ1v) is 6.19. The molecular weight excluding hydrogens is 294 g/mol. The molecule has 0 aliphatic carbocycles. The first-order valence-electron chi connectivity index (χ1n) is 5.40. The summed E-state index contributed by atoms with van der Waals surface area (Å²) in [6, 6.07) is 14.5. The fourth-order valence-electron chi connectivity index (χ4n) is 1.51. The highest BCUT2D eigenvalue weighted by Gasteiger charge is 2.06. The lowest BCUT2D eigenvalue weighted by Gasteiger charge is -2.06. The molecule has 0 spiro atoms. The first kappa shape index (κ1) is 12.6. The van der Waals surface area contributed by atoms with E-state index >= 15 is 0 Å². The summed E-state index contributed by atoms with van der Waals surface area (Å²) in [5, 5.41) is 2.82. The lowest BCUT2D eigenvalue weighted by Crippen LogP contribution is -2.11. The molecule has 1 N–H and O–H groups in total. The molecule has 4 heteroatoms. The molecule has 2 aromatic rings. The van der Waals surface area contributed by atoms with Crippen LogP contribution in [0.1, 0.15) is 10.4 Å². The third-order valence-electron chi connectivity index (χ3n) is 2.43. The van der Waals surface area contributed by atoms with Crippen molar-refractivity contribution in [2.75, 3.05) is 12.4 Å². The minimum absolute atomic E-state index is 0.138. The fourth-order valence-corrected chi connectivity index (χ4v) is 1.91. The van der Waals surface area contributed by atoms with Crippen LogP contribution in [-0.2, 0) is 0 Å². The summed E-state index contributed by atoms with van der Waals surface area (Å²) in [7, 11) is 1.61. The van der Waals surface area contributed by atoms with Gasteiger partial charge in [0.1, 0.15) is 5.75 Å². The standard InChI is InChI=1S/C14H12BrNO2/c1-18-13-7-5-12(6-8-13)16-14(17)10-3-2-4-11(15)9-10/h2-9H,1H3,(H,16,17). The molecule has 1 amide bonds. The van der Waals surface area contributed by atoms with Crippen molar-refractivity contribution >= 4 is 27.5 Å². The number of benzene rings is 2. The van der Waals surface area contributed by atoms with Crippen LogP contribution in [-0.4, -0.2) is 13.0 Å². The number of nitrogens with one attached hydrogen (secondary N) is 1. The van der Waals surface area contributed by atoms with Crippen molar-refractivity contribution < 1.29 is 9.53 Å². The van der Waals surface area contributed by atoms with Crippen molar-refractivity contribution in [1.29, 1.82) is 0 Å². The molecular formula is C14H12BrNO2. The predicted octanol–water partition coefficient (Wildman–Crippen LogP) is 3.71. The van der Waals surface area contributed by atoms with Gasteiger partial charge in [-0.05, 0) is 42.5 Å². The third-order valence-corrected chi connectivity index (χ3v) is 2.93. The van der Waals surface area contributed by atoms with Gasteiger partial charge in [0.25, 0.3) is 5.91 Å². The molecule has 0 fully saturated rings. The van der Waals surface area contributed by atoms with Crippen molar-refractivity contribution in [2.45, 2.75) is 0 Å². The number of carbonyl (C=O) groups excluding carboxylic acids is 1. The Hall–Kier alpha value is -1.81. The van der Waals surface area contributed by atoms with Crippen LogP contribution in [0.15, 0.2) is 53.0 Å². The van der Waals surface area contributed by atoms with Gasteiger partial charge in [0.2, 0.25) is 0 Å². The lowest BCUT2D eigenvalue weighted by atomic mass is 10.2. The van der Waals surface area contributed by atoms with E-state index in [4.69, 9.17) is 4.74 Å².